The van der Waals surface area contributed by atoms with Crippen LogP contribution < -0.4 is 9.64 Å². The lowest BCUT2D eigenvalue weighted by molar-refractivity contribution is 0.0563. The number of benzene rings is 2. The van der Waals surface area contributed by atoms with E-state index in [0.717, 1.165) is 74.3 Å². The molecule has 2 saturated heterocycles. The van der Waals surface area contributed by atoms with Gasteiger partial charge in [-0.3, -0.25) is 9.69 Å². The molecule has 0 spiro atoms. The van der Waals surface area contributed by atoms with Crippen molar-refractivity contribution in [2.75, 3.05) is 51.3 Å². The minimum atomic E-state index is 0.153. The van der Waals surface area contributed by atoms with Gasteiger partial charge in [-0.15, -0.1) is 0 Å². The van der Waals surface area contributed by atoms with Crippen molar-refractivity contribution < 1.29 is 9.53 Å². The number of H-pyrrole nitrogens is 1. The molecule has 1 N–H and O–H groups in total. The number of piperidine rings is 1. The predicted molar refractivity (Wildman–Crippen MR) is 124 cm³/mol. The predicted octanol–water partition coefficient (Wildman–Crippen LogP) is 3.60. The van der Waals surface area contributed by atoms with E-state index in [-0.39, 0.29) is 5.91 Å². The third kappa shape index (κ3) is 4.00. The maximum absolute atomic E-state index is 13.2. The van der Waals surface area contributed by atoms with Crippen LogP contribution in [0.25, 0.3) is 10.9 Å². The fourth-order valence-electron chi connectivity index (χ4n) is 5.03. The van der Waals surface area contributed by atoms with Crippen LogP contribution in [0.2, 0.25) is 0 Å². The van der Waals surface area contributed by atoms with Crippen LogP contribution in [0.4, 0.5) is 5.69 Å². The molecule has 1 unspecified atom stereocenters. The number of para-hydroxylation sites is 2. The van der Waals surface area contributed by atoms with Crippen molar-refractivity contribution in [3.8, 4) is 5.75 Å². The summed E-state index contributed by atoms with van der Waals surface area (Å²) in [6.45, 7) is 5.66. The van der Waals surface area contributed by atoms with E-state index in [4.69, 9.17) is 4.74 Å². The first-order valence-electron chi connectivity index (χ1n) is 11.2. The molecule has 1 amide bonds. The minimum Gasteiger partial charge on any atom is -0.495 e. The van der Waals surface area contributed by atoms with Crippen molar-refractivity contribution in [2.45, 2.75) is 18.9 Å². The Morgan fingerprint density at radius 1 is 1.03 bits per heavy atom. The number of nitrogens with zero attached hydrogens (tertiary/aromatic N) is 3. The second kappa shape index (κ2) is 8.63. The molecule has 0 radical (unpaired) electrons. The number of methoxy groups -OCH3 is 1. The number of nitrogens with one attached hydrogen (secondary N) is 1. The van der Waals surface area contributed by atoms with E-state index < -0.39 is 0 Å². The average Bonchev–Trinajstić information content (AvgIpc) is 3.32. The van der Waals surface area contributed by atoms with Gasteiger partial charge in [-0.05, 0) is 49.2 Å². The molecule has 6 nitrogen and oxygen atoms in total. The number of rotatable bonds is 4. The quantitative estimate of drug-likeness (QED) is 0.703. The zero-order valence-corrected chi connectivity index (χ0v) is 18.1. The van der Waals surface area contributed by atoms with E-state index in [1.54, 1.807) is 7.11 Å². The van der Waals surface area contributed by atoms with E-state index in [1.807, 2.05) is 42.6 Å². The van der Waals surface area contributed by atoms with Crippen LogP contribution in [0.3, 0.4) is 0 Å². The Hall–Kier alpha value is -2.99. The van der Waals surface area contributed by atoms with Gasteiger partial charge in [0.15, 0.2) is 0 Å². The number of hydrogen-bond donors (Lipinski definition) is 1. The molecule has 6 heteroatoms. The monoisotopic (exact) mass is 418 g/mol. The minimum absolute atomic E-state index is 0.153. The van der Waals surface area contributed by atoms with Crippen molar-refractivity contribution in [1.82, 2.24) is 14.8 Å². The number of aromatic nitrogens is 1. The van der Waals surface area contributed by atoms with Crippen LogP contribution in [-0.4, -0.2) is 73.1 Å². The number of piperazine rings is 1. The van der Waals surface area contributed by atoms with Crippen molar-refractivity contribution in [2.24, 2.45) is 0 Å². The van der Waals surface area contributed by atoms with Crippen LogP contribution in [0.15, 0.2) is 54.7 Å². The van der Waals surface area contributed by atoms with Crippen LogP contribution in [0.1, 0.15) is 23.2 Å². The Balaban J connectivity index is 1.22. The maximum atomic E-state index is 13.2. The summed E-state index contributed by atoms with van der Waals surface area (Å²) in [7, 11) is 1.73. The highest BCUT2D eigenvalue weighted by atomic mass is 16.5. The van der Waals surface area contributed by atoms with Gasteiger partial charge in [-0.2, -0.15) is 0 Å². The zero-order valence-electron chi connectivity index (χ0n) is 18.1. The summed E-state index contributed by atoms with van der Waals surface area (Å²) in [5.41, 5.74) is 3.03. The van der Waals surface area contributed by atoms with E-state index >= 15 is 0 Å². The SMILES string of the molecule is COc1ccccc1N1CCN(C2CCCN(C(=O)c3ccc4[nH]ccc4c3)C2)CC1. The Morgan fingerprint density at radius 3 is 2.71 bits per heavy atom. The van der Waals surface area contributed by atoms with E-state index in [9.17, 15) is 4.79 Å². The summed E-state index contributed by atoms with van der Waals surface area (Å²) in [5, 5.41) is 1.09. The van der Waals surface area contributed by atoms with Gasteiger partial charge in [0, 0.05) is 68.0 Å². The van der Waals surface area contributed by atoms with Crippen LogP contribution in [0, 0.1) is 0 Å². The van der Waals surface area contributed by atoms with Gasteiger partial charge in [-0.25, -0.2) is 0 Å². The second-order valence-corrected chi connectivity index (χ2v) is 8.52. The molecule has 3 heterocycles. The van der Waals surface area contributed by atoms with Crippen LogP contribution in [-0.2, 0) is 0 Å². The molecule has 2 fully saturated rings. The molecule has 1 atom stereocenters. The third-order valence-corrected chi connectivity index (χ3v) is 6.74. The second-order valence-electron chi connectivity index (χ2n) is 8.52. The number of anilines is 1. The Labute approximate surface area is 183 Å². The highest BCUT2D eigenvalue weighted by Crippen LogP contribution is 2.29. The number of likely N-dealkylation sites (tertiary alicyclic amines) is 1. The first kappa shape index (κ1) is 19.9. The Kier molecular flexibility index (Phi) is 5.55. The molecular weight excluding hydrogens is 388 g/mol. The topological polar surface area (TPSA) is 51.8 Å². The highest BCUT2D eigenvalue weighted by Gasteiger charge is 2.31. The van der Waals surface area contributed by atoms with Crippen LogP contribution in [0.5, 0.6) is 5.75 Å². The summed E-state index contributed by atoms with van der Waals surface area (Å²) in [6, 6.07) is 16.6. The average molecular weight is 419 g/mol. The Morgan fingerprint density at radius 2 is 1.87 bits per heavy atom. The molecule has 2 aromatic carbocycles. The fraction of sp³-hybridized carbons (Fsp3) is 0.400. The largest absolute Gasteiger partial charge is 0.495 e. The van der Waals surface area contributed by atoms with Crippen LogP contribution >= 0.6 is 0 Å². The highest BCUT2D eigenvalue weighted by molar-refractivity contribution is 5.98. The van der Waals surface area contributed by atoms with Gasteiger partial charge in [0.25, 0.3) is 5.91 Å². The van der Waals surface area contributed by atoms with E-state index in [2.05, 4.69) is 31.8 Å². The summed E-state index contributed by atoms with van der Waals surface area (Å²) in [6.07, 6.45) is 4.14. The molecular formula is C25H30N4O2. The number of ether oxygens (including phenoxy) is 1. The molecule has 0 aliphatic carbocycles. The fourth-order valence-corrected chi connectivity index (χ4v) is 5.03. The lowest BCUT2D eigenvalue weighted by Gasteiger charge is -2.44. The molecule has 2 aliphatic heterocycles. The van der Waals surface area contributed by atoms with Gasteiger partial charge >= 0.3 is 0 Å². The molecule has 162 valence electrons. The van der Waals surface area contributed by atoms with Gasteiger partial charge in [0.05, 0.1) is 12.8 Å². The van der Waals surface area contributed by atoms with Gasteiger partial charge in [0.1, 0.15) is 5.75 Å². The number of amides is 1. The molecule has 31 heavy (non-hydrogen) atoms. The summed E-state index contributed by atoms with van der Waals surface area (Å²) in [5.74, 6) is 1.09. The summed E-state index contributed by atoms with van der Waals surface area (Å²) in [4.78, 5) is 23.4. The van der Waals surface area contributed by atoms with Crippen molar-refractivity contribution in [3.63, 3.8) is 0 Å². The molecule has 0 saturated carbocycles. The molecule has 3 aromatic rings. The Bertz CT molecular complexity index is 1050. The third-order valence-electron chi connectivity index (χ3n) is 6.74. The van der Waals surface area contributed by atoms with Crippen molar-refractivity contribution in [3.05, 3.63) is 60.3 Å². The standard InChI is InChI=1S/C25H30N4O2/c1-31-24-7-3-2-6-23(24)28-15-13-27(14-16-28)21-5-4-12-29(18-21)25(30)20-8-9-22-19(17-20)10-11-26-22/h2-3,6-11,17,21,26H,4-5,12-16,18H2,1H3. The lowest BCUT2D eigenvalue weighted by atomic mass is 10.0. The van der Waals surface area contributed by atoms with Gasteiger partial charge in [0.2, 0.25) is 0 Å². The smallest absolute Gasteiger partial charge is 0.253 e. The number of aromatic amines is 1. The normalized spacial score (nSPS) is 20.2. The molecule has 2 aliphatic rings. The number of carbonyl (C=O) groups is 1. The maximum Gasteiger partial charge on any atom is 0.253 e. The summed E-state index contributed by atoms with van der Waals surface area (Å²) >= 11 is 0. The van der Waals surface area contributed by atoms with Gasteiger partial charge in [-0.1, -0.05) is 12.1 Å². The van der Waals surface area contributed by atoms with Gasteiger partial charge < -0.3 is 19.5 Å². The first-order valence-corrected chi connectivity index (χ1v) is 11.2. The molecule has 0 bridgehead atoms. The first-order chi connectivity index (χ1) is 15.2. The lowest BCUT2D eigenvalue weighted by Crippen LogP contribution is -2.55. The van der Waals surface area contributed by atoms with Crippen molar-refractivity contribution in [1.29, 1.82) is 0 Å². The van der Waals surface area contributed by atoms with Crippen molar-refractivity contribution >= 4 is 22.5 Å². The number of carbonyl (C=O) groups excluding carboxylic acids is 1. The number of fused-ring (bicyclic) bond motifs is 1. The zero-order chi connectivity index (χ0) is 21.2. The van der Waals surface area contributed by atoms with E-state index in [0.29, 0.717) is 6.04 Å². The molecule has 1 aromatic heterocycles. The molecule has 5 rings (SSSR count). The van der Waals surface area contributed by atoms with E-state index in [1.165, 1.54) is 5.69 Å². The number of hydrogen-bond acceptors (Lipinski definition) is 4. The summed E-state index contributed by atoms with van der Waals surface area (Å²) < 4.78 is 5.54.